The summed E-state index contributed by atoms with van der Waals surface area (Å²) in [5, 5.41) is 8.43. The molecular formula is C16H12ClN3O2. The Morgan fingerprint density at radius 1 is 1.05 bits per heavy atom. The van der Waals surface area contributed by atoms with Crippen molar-refractivity contribution in [1.29, 1.82) is 0 Å². The summed E-state index contributed by atoms with van der Waals surface area (Å²) in [6, 6.07) is 15.6. The van der Waals surface area contributed by atoms with Crippen LogP contribution in [0.4, 0.5) is 0 Å². The summed E-state index contributed by atoms with van der Waals surface area (Å²) >= 11 is 6.02. The monoisotopic (exact) mass is 313 g/mol. The zero-order valence-corrected chi connectivity index (χ0v) is 12.3. The van der Waals surface area contributed by atoms with Crippen molar-refractivity contribution in [2.24, 2.45) is 0 Å². The highest BCUT2D eigenvalue weighted by atomic mass is 35.5. The SMILES string of the molecule is ClCc1nnn(-c2ccc3c(c2)OCO3)c1-c1ccccc1. The highest BCUT2D eigenvalue weighted by Gasteiger charge is 2.19. The fourth-order valence-corrected chi connectivity index (χ4v) is 2.67. The summed E-state index contributed by atoms with van der Waals surface area (Å²) in [7, 11) is 0. The summed E-state index contributed by atoms with van der Waals surface area (Å²) in [5.74, 6) is 1.75. The number of hydrogen-bond donors (Lipinski definition) is 0. The average molecular weight is 314 g/mol. The molecule has 0 amide bonds. The molecule has 1 aliphatic rings. The molecule has 0 unspecified atom stereocenters. The van der Waals surface area contributed by atoms with Crippen LogP contribution in [0.1, 0.15) is 5.69 Å². The van der Waals surface area contributed by atoms with Crippen LogP contribution in [-0.4, -0.2) is 21.8 Å². The van der Waals surface area contributed by atoms with Crippen LogP contribution in [0.5, 0.6) is 11.5 Å². The lowest BCUT2D eigenvalue weighted by molar-refractivity contribution is 0.174. The highest BCUT2D eigenvalue weighted by Crippen LogP contribution is 2.35. The van der Waals surface area contributed by atoms with Crippen LogP contribution < -0.4 is 9.47 Å². The van der Waals surface area contributed by atoms with E-state index < -0.39 is 0 Å². The summed E-state index contributed by atoms with van der Waals surface area (Å²) in [6.45, 7) is 0.245. The topological polar surface area (TPSA) is 49.2 Å². The van der Waals surface area contributed by atoms with Gasteiger partial charge in [0.2, 0.25) is 6.79 Å². The fourth-order valence-electron chi connectivity index (χ4n) is 2.49. The van der Waals surface area contributed by atoms with E-state index in [0.717, 1.165) is 28.4 Å². The molecule has 6 heteroatoms. The van der Waals surface area contributed by atoms with E-state index >= 15 is 0 Å². The van der Waals surface area contributed by atoms with Crippen molar-refractivity contribution in [2.45, 2.75) is 5.88 Å². The van der Waals surface area contributed by atoms with E-state index in [0.29, 0.717) is 11.6 Å². The second kappa shape index (κ2) is 5.35. The summed E-state index contributed by atoms with van der Waals surface area (Å²) < 4.78 is 12.5. The van der Waals surface area contributed by atoms with Crippen molar-refractivity contribution in [1.82, 2.24) is 15.0 Å². The van der Waals surface area contributed by atoms with Crippen LogP contribution in [0.3, 0.4) is 0 Å². The van der Waals surface area contributed by atoms with E-state index in [9.17, 15) is 0 Å². The molecule has 0 fully saturated rings. The smallest absolute Gasteiger partial charge is 0.231 e. The van der Waals surface area contributed by atoms with Crippen LogP contribution in [0, 0.1) is 0 Å². The van der Waals surface area contributed by atoms with Crippen molar-refractivity contribution >= 4 is 11.6 Å². The number of halogens is 1. The first-order valence-electron chi connectivity index (χ1n) is 6.83. The van der Waals surface area contributed by atoms with Crippen molar-refractivity contribution < 1.29 is 9.47 Å². The number of ether oxygens (including phenoxy) is 2. The van der Waals surface area contributed by atoms with Crippen molar-refractivity contribution in [3.63, 3.8) is 0 Å². The molecule has 0 saturated carbocycles. The molecule has 0 N–H and O–H groups in total. The maximum absolute atomic E-state index is 6.02. The minimum Gasteiger partial charge on any atom is -0.454 e. The lowest BCUT2D eigenvalue weighted by atomic mass is 10.1. The van der Waals surface area contributed by atoms with Crippen molar-refractivity contribution in [3.8, 4) is 28.4 Å². The van der Waals surface area contributed by atoms with Gasteiger partial charge in [-0.1, -0.05) is 35.5 Å². The standard InChI is InChI=1S/C16H12ClN3O2/c17-9-13-16(11-4-2-1-3-5-11)20(19-18-13)12-6-7-14-15(8-12)22-10-21-14/h1-8H,9-10H2. The maximum Gasteiger partial charge on any atom is 0.231 e. The Bertz CT molecular complexity index is 818. The molecule has 0 bridgehead atoms. The predicted octanol–water partition coefficient (Wildman–Crippen LogP) is 3.40. The fraction of sp³-hybridized carbons (Fsp3) is 0.125. The van der Waals surface area contributed by atoms with E-state index in [2.05, 4.69) is 10.3 Å². The van der Waals surface area contributed by atoms with Gasteiger partial charge >= 0.3 is 0 Å². The summed E-state index contributed by atoms with van der Waals surface area (Å²) in [6.07, 6.45) is 0. The highest BCUT2D eigenvalue weighted by molar-refractivity contribution is 6.17. The van der Waals surface area contributed by atoms with E-state index in [4.69, 9.17) is 21.1 Å². The predicted molar refractivity (Wildman–Crippen MR) is 82.5 cm³/mol. The number of hydrogen-bond acceptors (Lipinski definition) is 4. The molecule has 0 radical (unpaired) electrons. The molecule has 2 aromatic carbocycles. The Morgan fingerprint density at radius 3 is 2.68 bits per heavy atom. The van der Waals surface area contributed by atoms with Gasteiger partial charge in [-0.15, -0.1) is 16.7 Å². The first-order chi connectivity index (χ1) is 10.9. The molecule has 1 aromatic heterocycles. The number of nitrogens with zero attached hydrogens (tertiary/aromatic N) is 3. The number of benzene rings is 2. The maximum atomic E-state index is 6.02. The van der Waals surface area contributed by atoms with Gasteiger partial charge < -0.3 is 9.47 Å². The third kappa shape index (κ3) is 2.10. The van der Waals surface area contributed by atoms with E-state index in [1.807, 2.05) is 48.5 Å². The largest absolute Gasteiger partial charge is 0.454 e. The van der Waals surface area contributed by atoms with Gasteiger partial charge in [0, 0.05) is 11.6 Å². The second-order valence-electron chi connectivity index (χ2n) is 4.83. The van der Waals surface area contributed by atoms with Crippen LogP contribution in [0.15, 0.2) is 48.5 Å². The Morgan fingerprint density at radius 2 is 1.86 bits per heavy atom. The van der Waals surface area contributed by atoms with Crippen LogP contribution in [-0.2, 0) is 5.88 Å². The molecule has 0 aliphatic carbocycles. The van der Waals surface area contributed by atoms with Crippen molar-refractivity contribution in [3.05, 3.63) is 54.2 Å². The lowest BCUT2D eigenvalue weighted by Gasteiger charge is -2.08. The third-order valence-electron chi connectivity index (χ3n) is 3.51. The zero-order valence-electron chi connectivity index (χ0n) is 11.6. The van der Waals surface area contributed by atoms with Gasteiger partial charge in [0.25, 0.3) is 0 Å². The van der Waals surface area contributed by atoms with Gasteiger partial charge in [-0.25, -0.2) is 4.68 Å². The third-order valence-corrected chi connectivity index (χ3v) is 3.77. The molecule has 0 spiro atoms. The van der Waals surface area contributed by atoms with Crippen LogP contribution >= 0.6 is 11.6 Å². The van der Waals surface area contributed by atoms with Gasteiger partial charge in [-0.3, -0.25) is 0 Å². The number of fused-ring (bicyclic) bond motifs is 1. The Kier molecular flexibility index (Phi) is 3.20. The molecule has 1 aliphatic heterocycles. The Hall–Kier alpha value is -2.53. The Balaban J connectivity index is 1.87. The first kappa shape index (κ1) is 13.2. The number of rotatable bonds is 3. The zero-order chi connectivity index (χ0) is 14.9. The summed E-state index contributed by atoms with van der Waals surface area (Å²) in [4.78, 5) is 0. The van der Waals surface area contributed by atoms with Gasteiger partial charge in [0.05, 0.1) is 17.3 Å². The molecular weight excluding hydrogens is 302 g/mol. The minimum absolute atomic E-state index is 0.245. The average Bonchev–Trinajstić information content (AvgIpc) is 3.21. The van der Waals surface area contributed by atoms with E-state index in [1.165, 1.54) is 0 Å². The lowest BCUT2D eigenvalue weighted by Crippen LogP contribution is -2.00. The number of alkyl halides is 1. The molecule has 0 atom stereocenters. The van der Waals surface area contributed by atoms with Gasteiger partial charge in [0.15, 0.2) is 11.5 Å². The van der Waals surface area contributed by atoms with Crippen LogP contribution in [0.25, 0.3) is 16.9 Å². The minimum atomic E-state index is 0.245. The molecule has 2 heterocycles. The second-order valence-corrected chi connectivity index (χ2v) is 5.10. The van der Waals surface area contributed by atoms with Crippen LogP contribution in [0.2, 0.25) is 0 Å². The summed E-state index contributed by atoms with van der Waals surface area (Å²) in [5.41, 5.74) is 3.49. The quantitative estimate of drug-likeness (QED) is 0.695. The van der Waals surface area contributed by atoms with Gasteiger partial charge in [0.1, 0.15) is 5.69 Å². The van der Waals surface area contributed by atoms with Gasteiger partial charge in [-0.2, -0.15) is 0 Å². The van der Waals surface area contributed by atoms with Gasteiger partial charge in [-0.05, 0) is 12.1 Å². The normalized spacial score (nSPS) is 12.6. The molecule has 22 heavy (non-hydrogen) atoms. The van der Waals surface area contributed by atoms with E-state index in [-0.39, 0.29) is 6.79 Å². The van der Waals surface area contributed by atoms with E-state index in [1.54, 1.807) is 4.68 Å². The molecule has 4 rings (SSSR count). The molecule has 3 aromatic rings. The van der Waals surface area contributed by atoms with Crippen molar-refractivity contribution in [2.75, 3.05) is 6.79 Å². The Labute approximate surface area is 132 Å². The molecule has 5 nitrogen and oxygen atoms in total. The number of aromatic nitrogens is 3. The molecule has 0 saturated heterocycles. The first-order valence-corrected chi connectivity index (χ1v) is 7.36. The molecule has 110 valence electrons.